The molecule has 0 bridgehead atoms. The van der Waals surface area contributed by atoms with Crippen LogP contribution in [0.25, 0.3) is 22.2 Å². The number of nitrogens with zero attached hydrogens (tertiary/aromatic N) is 1. The molecule has 0 aliphatic carbocycles. The summed E-state index contributed by atoms with van der Waals surface area (Å²) in [5.41, 5.74) is 8.09. The number of benzene rings is 1. The number of aliphatic hydroxyl groups excluding tert-OH is 1. The molecule has 23 heavy (non-hydrogen) atoms. The summed E-state index contributed by atoms with van der Waals surface area (Å²) in [6.07, 6.45) is 5.44. The summed E-state index contributed by atoms with van der Waals surface area (Å²) in [4.78, 5) is 7.64. The van der Waals surface area contributed by atoms with E-state index in [0.29, 0.717) is 0 Å². The average molecular weight is 310 g/mol. The van der Waals surface area contributed by atoms with Gasteiger partial charge in [0.05, 0.1) is 0 Å². The van der Waals surface area contributed by atoms with Gasteiger partial charge in [0.1, 0.15) is 24.1 Å². The standard InChI is InChI=1S/C18H19N3O2/c1-23-11-14(22)8-17(19)16-10-21-18-15(16)7-13(9-20-18)12-5-3-2-4-6-12/h2-10,17,22H,11,19H2,1H3,(H,20,21)/p+1/b14-8-. The van der Waals surface area contributed by atoms with Gasteiger partial charge in [-0.2, -0.15) is 0 Å². The predicted molar refractivity (Wildman–Crippen MR) is 89.7 cm³/mol. The first-order valence-corrected chi connectivity index (χ1v) is 7.43. The number of quaternary nitrogens is 1. The molecule has 0 aliphatic rings. The summed E-state index contributed by atoms with van der Waals surface area (Å²) in [6, 6.07) is 12.0. The minimum Gasteiger partial charge on any atom is -0.510 e. The maximum atomic E-state index is 9.79. The highest BCUT2D eigenvalue weighted by Crippen LogP contribution is 2.27. The zero-order chi connectivity index (χ0) is 16.2. The fourth-order valence-electron chi connectivity index (χ4n) is 2.64. The van der Waals surface area contributed by atoms with Gasteiger partial charge in [0.15, 0.2) is 0 Å². The van der Waals surface area contributed by atoms with Gasteiger partial charge in [0.25, 0.3) is 0 Å². The third kappa shape index (κ3) is 3.26. The van der Waals surface area contributed by atoms with Gasteiger partial charge in [0.2, 0.25) is 0 Å². The van der Waals surface area contributed by atoms with Crippen LogP contribution in [0.15, 0.2) is 60.6 Å². The highest BCUT2D eigenvalue weighted by molar-refractivity contribution is 5.85. The Bertz CT molecular complexity index is 825. The van der Waals surface area contributed by atoms with Gasteiger partial charge in [-0.05, 0) is 11.6 Å². The Kier molecular flexibility index (Phi) is 4.41. The summed E-state index contributed by atoms with van der Waals surface area (Å²) in [6.45, 7) is 0.182. The van der Waals surface area contributed by atoms with Crippen LogP contribution in [0.4, 0.5) is 0 Å². The predicted octanol–water partition coefficient (Wildman–Crippen LogP) is 2.60. The van der Waals surface area contributed by atoms with Gasteiger partial charge in [-0.15, -0.1) is 0 Å². The molecule has 5 N–H and O–H groups in total. The SMILES string of the molecule is COC/C(O)=C/C([NH3+])c1c[nH]c2ncc(-c3ccccc3)cc12. The molecule has 2 heterocycles. The molecule has 118 valence electrons. The molecule has 0 aliphatic heterocycles. The molecule has 3 rings (SSSR count). The lowest BCUT2D eigenvalue weighted by atomic mass is 10.0. The summed E-state index contributed by atoms with van der Waals surface area (Å²) in [5.74, 6) is 0.175. The number of aromatic nitrogens is 2. The highest BCUT2D eigenvalue weighted by Gasteiger charge is 2.15. The lowest BCUT2D eigenvalue weighted by Gasteiger charge is -2.05. The first-order chi connectivity index (χ1) is 11.2. The van der Waals surface area contributed by atoms with Gasteiger partial charge in [-0.25, -0.2) is 4.98 Å². The second-order valence-electron chi connectivity index (χ2n) is 5.43. The number of hydrogen-bond donors (Lipinski definition) is 3. The normalized spacial score (nSPS) is 13.4. The summed E-state index contributed by atoms with van der Waals surface area (Å²) in [7, 11) is 1.55. The molecule has 5 heteroatoms. The first kappa shape index (κ1) is 15.3. The largest absolute Gasteiger partial charge is 0.510 e. The third-order valence-electron chi connectivity index (χ3n) is 3.76. The molecule has 0 saturated carbocycles. The maximum Gasteiger partial charge on any atom is 0.137 e. The number of methoxy groups -OCH3 is 1. The smallest absolute Gasteiger partial charge is 0.137 e. The number of pyridine rings is 1. The van der Waals surface area contributed by atoms with Crippen LogP contribution >= 0.6 is 0 Å². The fraction of sp³-hybridized carbons (Fsp3) is 0.167. The van der Waals surface area contributed by atoms with Crippen LogP contribution in [0.1, 0.15) is 11.6 Å². The Morgan fingerprint density at radius 2 is 2.13 bits per heavy atom. The number of H-pyrrole nitrogens is 1. The van der Waals surface area contributed by atoms with Gasteiger partial charge in [-0.1, -0.05) is 30.3 Å². The zero-order valence-electron chi connectivity index (χ0n) is 13.0. The van der Waals surface area contributed by atoms with Crippen molar-refractivity contribution in [3.05, 3.63) is 66.2 Å². The first-order valence-electron chi connectivity index (χ1n) is 7.43. The number of nitrogens with one attached hydrogen (secondary N) is 1. The molecule has 0 spiro atoms. The molecule has 1 unspecified atom stereocenters. The van der Waals surface area contributed by atoms with Gasteiger partial charge < -0.3 is 20.6 Å². The number of rotatable bonds is 5. The zero-order valence-corrected chi connectivity index (χ0v) is 13.0. The number of hydrogen-bond acceptors (Lipinski definition) is 3. The molecule has 0 radical (unpaired) electrons. The lowest BCUT2D eigenvalue weighted by Crippen LogP contribution is -2.52. The van der Waals surface area contributed by atoms with E-state index in [4.69, 9.17) is 4.74 Å². The topological polar surface area (TPSA) is 85.8 Å². The van der Waals surface area contributed by atoms with Crippen LogP contribution in [-0.4, -0.2) is 28.8 Å². The van der Waals surface area contributed by atoms with Crippen molar-refractivity contribution in [3.63, 3.8) is 0 Å². The number of ether oxygens (including phenoxy) is 1. The van der Waals surface area contributed by atoms with E-state index in [2.05, 4.69) is 33.9 Å². The van der Waals surface area contributed by atoms with E-state index < -0.39 is 0 Å². The van der Waals surface area contributed by atoms with Gasteiger partial charge >= 0.3 is 0 Å². The fourth-order valence-corrected chi connectivity index (χ4v) is 2.64. The van der Waals surface area contributed by atoms with Crippen LogP contribution in [0, 0.1) is 0 Å². The monoisotopic (exact) mass is 310 g/mol. The van der Waals surface area contributed by atoms with Crippen LogP contribution < -0.4 is 5.73 Å². The Labute approximate surface area is 134 Å². The van der Waals surface area contributed by atoms with Crippen molar-refractivity contribution < 1.29 is 15.6 Å². The molecule has 1 atom stereocenters. The van der Waals surface area contributed by atoms with Crippen LogP contribution in [-0.2, 0) is 4.74 Å². The van der Waals surface area contributed by atoms with Crippen LogP contribution in [0.3, 0.4) is 0 Å². The second kappa shape index (κ2) is 6.64. The summed E-state index contributed by atoms with van der Waals surface area (Å²) in [5, 5.41) is 10.8. The van der Waals surface area contributed by atoms with Crippen molar-refractivity contribution in [1.82, 2.24) is 9.97 Å². The maximum absolute atomic E-state index is 9.79. The molecular weight excluding hydrogens is 290 g/mol. The minimum absolute atomic E-state index is 0.175. The average Bonchev–Trinajstić information content (AvgIpc) is 2.99. The van der Waals surface area contributed by atoms with E-state index in [-0.39, 0.29) is 18.4 Å². The van der Waals surface area contributed by atoms with Crippen molar-refractivity contribution in [2.75, 3.05) is 13.7 Å². The van der Waals surface area contributed by atoms with E-state index >= 15 is 0 Å². The molecule has 2 aromatic heterocycles. The molecule has 5 nitrogen and oxygen atoms in total. The molecule has 0 saturated heterocycles. The molecule has 1 aromatic carbocycles. The molecule has 3 aromatic rings. The van der Waals surface area contributed by atoms with Crippen molar-refractivity contribution in [1.29, 1.82) is 0 Å². The van der Waals surface area contributed by atoms with E-state index in [1.54, 1.807) is 13.2 Å². The minimum atomic E-state index is -0.188. The van der Waals surface area contributed by atoms with Gasteiger partial charge in [0, 0.05) is 42.1 Å². The second-order valence-corrected chi connectivity index (χ2v) is 5.43. The van der Waals surface area contributed by atoms with Crippen LogP contribution in [0.2, 0.25) is 0 Å². The molecule has 0 amide bonds. The molecular formula is C18H20N3O2+. The number of aliphatic hydroxyl groups is 1. The van der Waals surface area contributed by atoms with Gasteiger partial charge in [-0.3, -0.25) is 0 Å². The Morgan fingerprint density at radius 3 is 2.87 bits per heavy atom. The Hall–Kier alpha value is -2.63. The van der Waals surface area contributed by atoms with Crippen molar-refractivity contribution in [3.8, 4) is 11.1 Å². The van der Waals surface area contributed by atoms with Crippen LogP contribution in [0.5, 0.6) is 0 Å². The van der Waals surface area contributed by atoms with E-state index in [1.807, 2.05) is 30.6 Å². The van der Waals surface area contributed by atoms with E-state index in [9.17, 15) is 5.11 Å². The Morgan fingerprint density at radius 1 is 1.35 bits per heavy atom. The quantitative estimate of drug-likeness (QED) is 0.633. The van der Waals surface area contributed by atoms with Crippen molar-refractivity contribution in [2.24, 2.45) is 0 Å². The number of fused-ring (bicyclic) bond motifs is 1. The molecule has 0 fully saturated rings. The highest BCUT2D eigenvalue weighted by atomic mass is 16.5. The lowest BCUT2D eigenvalue weighted by molar-refractivity contribution is -0.409. The third-order valence-corrected chi connectivity index (χ3v) is 3.76. The Balaban J connectivity index is 2.00. The van der Waals surface area contributed by atoms with E-state index in [0.717, 1.165) is 27.7 Å². The summed E-state index contributed by atoms with van der Waals surface area (Å²) < 4.78 is 4.92. The van der Waals surface area contributed by atoms with Crippen molar-refractivity contribution >= 4 is 11.0 Å². The summed E-state index contributed by atoms with van der Waals surface area (Å²) >= 11 is 0. The van der Waals surface area contributed by atoms with E-state index in [1.165, 1.54) is 0 Å². The number of aromatic amines is 1. The van der Waals surface area contributed by atoms with Crippen molar-refractivity contribution in [2.45, 2.75) is 6.04 Å².